The normalized spacial score (nSPS) is 21.6. The molecule has 2 rings (SSSR count). The van der Waals surface area contributed by atoms with Gasteiger partial charge in [-0.25, -0.2) is 15.8 Å². The zero-order valence-electron chi connectivity index (χ0n) is 5.61. The minimum Gasteiger partial charge on any atom is -0.269 e. The Morgan fingerprint density at radius 2 is 2.36 bits per heavy atom. The van der Waals surface area contributed by atoms with Gasteiger partial charge in [-0.05, 0) is 0 Å². The van der Waals surface area contributed by atoms with Crippen molar-refractivity contribution < 1.29 is 0 Å². The quantitative estimate of drug-likeness (QED) is 0.459. The fourth-order valence-electron chi connectivity index (χ4n) is 0.939. The molecule has 0 amide bonds. The first-order chi connectivity index (χ1) is 5.29. The second kappa shape index (κ2) is 2.31. The molecule has 2 aliphatic heterocycles. The van der Waals surface area contributed by atoms with E-state index in [1.54, 1.807) is 16.3 Å². The van der Waals surface area contributed by atoms with Gasteiger partial charge in [-0.15, -0.1) is 0 Å². The lowest BCUT2D eigenvalue weighted by atomic mass is 10.5. The van der Waals surface area contributed by atoms with Crippen LogP contribution < -0.4 is 5.84 Å². The molecule has 0 aromatic rings. The summed E-state index contributed by atoms with van der Waals surface area (Å²) in [5, 5.41) is 1.45. The zero-order chi connectivity index (χ0) is 7.84. The summed E-state index contributed by atoms with van der Waals surface area (Å²) in [6.07, 6.45) is 3.29. The molecule has 0 aliphatic carbocycles. The molecule has 0 unspecified atom stereocenters. The number of hydrogen-bond acceptors (Lipinski definition) is 5. The molecule has 11 heavy (non-hydrogen) atoms. The van der Waals surface area contributed by atoms with Crippen LogP contribution in [0.2, 0.25) is 0 Å². The van der Waals surface area contributed by atoms with Gasteiger partial charge in [-0.3, -0.25) is 8.93 Å². The number of halogens is 1. The molecule has 0 saturated heterocycles. The molecular formula is C5H6BrN5. The summed E-state index contributed by atoms with van der Waals surface area (Å²) >= 11 is 3.28. The summed E-state index contributed by atoms with van der Waals surface area (Å²) in [6.45, 7) is 0.559. The van der Waals surface area contributed by atoms with Crippen molar-refractivity contribution in [3.05, 3.63) is 12.4 Å². The Balaban J connectivity index is 2.38. The minimum absolute atomic E-state index is 0.559. The maximum Gasteiger partial charge on any atom is 0.188 e. The summed E-state index contributed by atoms with van der Waals surface area (Å²) in [5.74, 6) is 7.03. The summed E-state index contributed by atoms with van der Waals surface area (Å²) in [4.78, 5) is 8.22. The van der Waals surface area contributed by atoms with Gasteiger partial charge in [0, 0.05) is 12.4 Å². The van der Waals surface area contributed by atoms with Crippen LogP contribution in [0.4, 0.5) is 0 Å². The second-order valence-electron chi connectivity index (χ2n) is 2.14. The van der Waals surface area contributed by atoms with Gasteiger partial charge in [0.05, 0.1) is 16.1 Å². The van der Waals surface area contributed by atoms with Crippen molar-refractivity contribution >= 4 is 27.8 Å². The lowest BCUT2D eigenvalue weighted by Gasteiger charge is -2.17. The average molecular weight is 216 g/mol. The van der Waals surface area contributed by atoms with E-state index < -0.39 is 0 Å². The van der Waals surface area contributed by atoms with Gasteiger partial charge in [0.2, 0.25) is 0 Å². The fraction of sp³-hybridized carbons (Fsp3) is 0.200. The molecule has 5 nitrogen and oxygen atoms in total. The van der Waals surface area contributed by atoms with Gasteiger partial charge >= 0.3 is 0 Å². The van der Waals surface area contributed by atoms with Crippen LogP contribution >= 0.6 is 16.1 Å². The predicted octanol–water partition coefficient (Wildman–Crippen LogP) is 0.0269. The van der Waals surface area contributed by atoms with Gasteiger partial charge in [0.1, 0.15) is 6.67 Å². The number of amidine groups is 2. The van der Waals surface area contributed by atoms with Crippen molar-refractivity contribution in [2.45, 2.75) is 0 Å². The molecule has 2 aliphatic rings. The van der Waals surface area contributed by atoms with E-state index in [1.165, 1.54) is 5.01 Å². The van der Waals surface area contributed by atoms with Gasteiger partial charge in [0.15, 0.2) is 11.7 Å². The predicted molar refractivity (Wildman–Crippen MR) is 45.7 cm³/mol. The Bertz CT molecular complexity index is 268. The summed E-state index contributed by atoms with van der Waals surface area (Å²) < 4.78 is 1.76. The van der Waals surface area contributed by atoms with Crippen molar-refractivity contribution in [1.82, 2.24) is 8.93 Å². The smallest absolute Gasteiger partial charge is 0.188 e. The number of aliphatic imine (C=N–C) groups is 2. The average Bonchev–Trinajstić information content (AvgIpc) is 2.35. The molecule has 58 valence electrons. The highest BCUT2D eigenvalue weighted by Crippen LogP contribution is 2.13. The van der Waals surface area contributed by atoms with Crippen molar-refractivity contribution in [2.24, 2.45) is 15.8 Å². The van der Waals surface area contributed by atoms with E-state index in [2.05, 4.69) is 26.1 Å². The summed E-state index contributed by atoms with van der Waals surface area (Å²) in [7, 11) is 0. The number of hydrogen-bond donors (Lipinski definition) is 1. The summed E-state index contributed by atoms with van der Waals surface area (Å²) in [5.41, 5.74) is 0. The molecule has 0 aromatic carbocycles. The van der Waals surface area contributed by atoms with Gasteiger partial charge < -0.3 is 0 Å². The lowest BCUT2D eigenvalue weighted by Crippen LogP contribution is -2.40. The Hall–Kier alpha value is -0.880. The third kappa shape index (κ3) is 0.945. The molecule has 0 aromatic heterocycles. The molecule has 6 heteroatoms. The van der Waals surface area contributed by atoms with E-state index in [9.17, 15) is 0 Å². The van der Waals surface area contributed by atoms with Gasteiger partial charge in [0.25, 0.3) is 0 Å². The summed E-state index contributed by atoms with van der Waals surface area (Å²) in [6, 6.07) is 0. The van der Waals surface area contributed by atoms with Gasteiger partial charge in [-0.2, -0.15) is 0 Å². The highest BCUT2D eigenvalue weighted by Gasteiger charge is 2.25. The van der Waals surface area contributed by atoms with Crippen molar-refractivity contribution in [2.75, 3.05) is 6.67 Å². The topological polar surface area (TPSA) is 57.2 Å². The van der Waals surface area contributed by atoms with Crippen molar-refractivity contribution in [1.29, 1.82) is 0 Å². The highest BCUT2D eigenvalue weighted by atomic mass is 79.9. The van der Waals surface area contributed by atoms with Crippen LogP contribution in [0, 0.1) is 0 Å². The van der Waals surface area contributed by atoms with Crippen LogP contribution in [0.3, 0.4) is 0 Å². The second-order valence-corrected chi connectivity index (χ2v) is 3.00. The SMILES string of the molecule is NN1C=CN=C2C1=NCN2Br. The minimum atomic E-state index is 0.559. The van der Waals surface area contributed by atoms with E-state index in [0.29, 0.717) is 12.5 Å². The first kappa shape index (κ1) is 6.81. The number of fused-ring (bicyclic) bond motifs is 1. The van der Waals surface area contributed by atoms with E-state index >= 15 is 0 Å². The monoisotopic (exact) mass is 215 g/mol. The van der Waals surface area contributed by atoms with Gasteiger partial charge in [-0.1, -0.05) is 0 Å². The maximum atomic E-state index is 5.57. The molecule has 0 radical (unpaired) electrons. The van der Waals surface area contributed by atoms with Crippen LogP contribution in [0.15, 0.2) is 22.4 Å². The molecule has 0 saturated carbocycles. The van der Waals surface area contributed by atoms with Crippen LogP contribution in [-0.2, 0) is 0 Å². The Morgan fingerprint density at radius 3 is 3.09 bits per heavy atom. The maximum absolute atomic E-state index is 5.57. The lowest BCUT2D eigenvalue weighted by molar-refractivity contribution is 0.599. The molecule has 2 heterocycles. The number of nitrogens with zero attached hydrogens (tertiary/aromatic N) is 4. The molecule has 0 fully saturated rings. The van der Waals surface area contributed by atoms with Crippen LogP contribution in [-0.4, -0.2) is 27.3 Å². The first-order valence-electron chi connectivity index (χ1n) is 3.05. The fourth-order valence-corrected chi connectivity index (χ4v) is 1.30. The van der Waals surface area contributed by atoms with E-state index in [4.69, 9.17) is 5.84 Å². The standard InChI is InChI=1S/C5H6BrN5/c6-10-3-9-5-4(10)8-1-2-11(5)7/h1-2H,3,7H2. The Labute approximate surface area is 72.2 Å². The van der Waals surface area contributed by atoms with E-state index in [0.717, 1.165) is 5.84 Å². The van der Waals surface area contributed by atoms with E-state index in [-0.39, 0.29) is 0 Å². The molecule has 2 N–H and O–H groups in total. The third-order valence-corrected chi connectivity index (χ3v) is 2.00. The van der Waals surface area contributed by atoms with Crippen LogP contribution in [0.1, 0.15) is 0 Å². The first-order valence-corrected chi connectivity index (χ1v) is 3.76. The van der Waals surface area contributed by atoms with Crippen LogP contribution in [0.25, 0.3) is 0 Å². The van der Waals surface area contributed by atoms with Crippen LogP contribution in [0.5, 0.6) is 0 Å². The molecular weight excluding hydrogens is 210 g/mol. The largest absolute Gasteiger partial charge is 0.269 e. The molecule has 0 spiro atoms. The highest BCUT2D eigenvalue weighted by molar-refractivity contribution is 9.07. The number of hydrazine groups is 1. The Kier molecular flexibility index (Phi) is 1.43. The zero-order valence-corrected chi connectivity index (χ0v) is 7.19. The van der Waals surface area contributed by atoms with E-state index in [1.807, 2.05) is 0 Å². The number of nitrogens with two attached hydrogens (primary N) is 1. The molecule has 0 atom stereocenters. The van der Waals surface area contributed by atoms with Crippen molar-refractivity contribution in [3.8, 4) is 0 Å². The number of rotatable bonds is 0. The Morgan fingerprint density at radius 1 is 1.55 bits per heavy atom. The molecule has 0 bridgehead atoms. The third-order valence-electron chi connectivity index (χ3n) is 1.44. The van der Waals surface area contributed by atoms with Crippen molar-refractivity contribution in [3.63, 3.8) is 0 Å².